The number of amides is 1. The summed E-state index contributed by atoms with van der Waals surface area (Å²) < 4.78 is 1.38. The lowest BCUT2D eigenvalue weighted by Crippen LogP contribution is -2.37. The fraction of sp³-hybridized carbons (Fsp3) is 0.385. The number of aryl methyl sites for hydroxylation is 1. The maximum Gasteiger partial charge on any atom is 0.311 e. The highest BCUT2D eigenvalue weighted by Crippen LogP contribution is 2.45. The van der Waals surface area contributed by atoms with Gasteiger partial charge in [-0.1, -0.05) is 0 Å². The zero-order valence-corrected chi connectivity index (χ0v) is 12.1. The summed E-state index contributed by atoms with van der Waals surface area (Å²) in [6.07, 6.45) is 2.33. The van der Waals surface area contributed by atoms with Crippen LogP contribution in [0.3, 0.4) is 0 Å². The molecule has 2 N–H and O–H groups in total. The number of carbonyl (C=O) groups excluding carboxylic acids is 1. The van der Waals surface area contributed by atoms with Gasteiger partial charge in [0.2, 0.25) is 0 Å². The van der Waals surface area contributed by atoms with E-state index in [0.29, 0.717) is 23.5 Å². The second-order valence-electron chi connectivity index (χ2n) is 5.24. The van der Waals surface area contributed by atoms with Crippen LogP contribution >= 0.6 is 11.3 Å². The first kappa shape index (κ1) is 13.7. The fourth-order valence-corrected chi connectivity index (χ4v) is 2.97. The molecule has 8 heteroatoms. The number of aliphatic carboxylic acids is 1. The van der Waals surface area contributed by atoms with Gasteiger partial charge in [-0.2, -0.15) is 0 Å². The van der Waals surface area contributed by atoms with E-state index in [1.807, 2.05) is 0 Å². The van der Waals surface area contributed by atoms with Gasteiger partial charge in [0.05, 0.1) is 5.41 Å². The van der Waals surface area contributed by atoms with Crippen LogP contribution < -0.4 is 10.9 Å². The average molecular weight is 307 g/mol. The number of hydrogen-bond acceptors (Lipinski definition) is 5. The molecule has 1 aliphatic carbocycles. The lowest BCUT2D eigenvalue weighted by atomic mass is 10.1. The van der Waals surface area contributed by atoms with Crippen molar-refractivity contribution in [1.82, 2.24) is 14.7 Å². The quantitative estimate of drug-likeness (QED) is 0.864. The molecule has 0 radical (unpaired) electrons. The van der Waals surface area contributed by atoms with Gasteiger partial charge >= 0.3 is 5.97 Å². The SMILES string of the molecule is Cc1csc2ncc(C(=O)NCC3(C(=O)O)CC3)c(=O)n12. The van der Waals surface area contributed by atoms with Crippen LogP contribution in [-0.4, -0.2) is 32.9 Å². The van der Waals surface area contributed by atoms with Crippen LogP contribution in [0.4, 0.5) is 0 Å². The maximum atomic E-state index is 12.3. The molecule has 0 atom stereocenters. The Bertz CT molecular complexity index is 803. The number of carboxylic acids is 1. The number of rotatable bonds is 4. The molecule has 1 fully saturated rings. The van der Waals surface area contributed by atoms with E-state index >= 15 is 0 Å². The number of carbonyl (C=O) groups is 2. The van der Waals surface area contributed by atoms with Crippen molar-refractivity contribution >= 4 is 28.2 Å². The average Bonchev–Trinajstić information content (AvgIpc) is 3.15. The summed E-state index contributed by atoms with van der Waals surface area (Å²) in [4.78, 5) is 40.0. The predicted molar refractivity (Wildman–Crippen MR) is 75.7 cm³/mol. The van der Waals surface area contributed by atoms with Crippen molar-refractivity contribution in [2.24, 2.45) is 5.41 Å². The molecule has 1 aliphatic rings. The molecule has 0 bridgehead atoms. The van der Waals surface area contributed by atoms with Gasteiger partial charge < -0.3 is 10.4 Å². The van der Waals surface area contributed by atoms with Crippen LogP contribution in [0.2, 0.25) is 0 Å². The van der Waals surface area contributed by atoms with Gasteiger partial charge in [0, 0.05) is 23.8 Å². The van der Waals surface area contributed by atoms with Crippen LogP contribution in [0, 0.1) is 12.3 Å². The van der Waals surface area contributed by atoms with Crippen LogP contribution in [0.1, 0.15) is 28.9 Å². The van der Waals surface area contributed by atoms with Crippen LogP contribution in [0.25, 0.3) is 4.96 Å². The third kappa shape index (κ3) is 2.21. The molecule has 0 aliphatic heterocycles. The Balaban J connectivity index is 1.85. The van der Waals surface area contributed by atoms with E-state index in [-0.39, 0.29) is 12.1 Å². The second kappa shape index (κ2) is 4.66. The molecule has 2 aromatic rings. The van der Waals surface area contributed by atoms with Crippen molar-refractivity contribution in [1.29, 1.82) is 0 Å². The van der Waals surface area contributed by atoms with E-state index in [2.05, 4.69) is 10.3 Å². The van der Waals surface area contributed by atoms with Gasteiger partial charge in [0.15, 0.2) is 4.96 Å². The van der Waals surface area contributed by atoms with Gasteiger partial charge in [0.1, 0.15) is 5.56 Å². The Morgan fingerprint density at radius 1 is 1.52 bits per heavy atom. The van der Waals surface area contributed by atoms with Gasteiger partial charge in [0.25, 0.3) is 11.5 Å². The van der Waals surface area contributed by atoms with E-state index in [1.165, 1.54) is 21.9 Å². The number of thiazole rings is 1. The highest BCUT2D eigenvalue weighted by molar-refractivity contribution is 7.15. The molecule has 2 heterocycles. The number of nitrogens with zero attached hydrogens (tertiary/aromatic N) is 2. The first-order chi connectivity index (χ1) is 9.94. The predicted octanol–water partition coefficient (Wildman–Crippen LogP) is 0.659. The minimum absolute atomic E-state index is 0.0337. The topological polar surface area (TPSA) is 101 Å². The second-order valence-corrected chi connectivity index (χ2v) is 6.08. The molecule has 0 saturated heterocycles. The van der Waals surface area contributed by atoms with E-state index in [1.54, 1.807) is 12.3 Å². The number of fused-ring (bicyclic) bond motifs is 1. The van der Waals surface area contributed by atoms with Crippen LogP contribution in [0.15, 0.2) is 16.4 Å². The fourth-order valence-electron chi connectivity index (χ4n) is 2.14. The largest absolute Gasteiger partial charge is 0.481 e. The van der Waals surface area contributed by atoms with Gasteiger partial charge in [-0.05, 0) is 19.8 Å². The highest BCUT2D eigenvalue weighted by Gasteiger charge is 2.50. The Kier molecular flexibility index (Phi) is 3.05. The summed E-state index contributed by atoms with van der Waals surface area (Å²) in [5, 5.41) is 13.4. The van der Waals surface area contributed by atoms with Crippen molar-refractivity contribution in [3.63, 3.8) is 0 Å². The summed E-state index contributed by atoms with van der Waals surface area (Å²) in [6, 6.07) is 0. The summed E-state index contributed by atoms with van der Waals surface area (Å²) in [7, 11) is 0. The third-order valence-corrected chi connectivity index (χ3v) is 4.71. The molecule has 0 spiro atoms. The Labute approximate surface area is 123 Å². The Morgan fingerprint density at radius 3 is 2.86 bits per heavy atom. The lowest BCUT2D eigenvalue weighted by Gasteiger charge is -2.10. The molecule has 2 aromatic heterocycles. The first-order valence-corrected chi connectivity index (χ1v) is 7.30. The molecule has 7 nitrogen and oxygen atoms in total. The summed E-state index contributed by atoms with van der Waals surface area (Å²) in [6.45, 7) is 1.80. The molecule has 0 unspecified atom stereocenters. The van der Waals surface area contributed by atoms with E-state index in [9.17, 15) is 14.4 Å². The maximum absolute atomic E-state index is 12.3. The minimum Gasteiger partial charge on any atom is -0.481 e. The molecule has 3 rings (SSSR count). The van der Waals surface area contributed by atoms with E-state index in [0.717, 1.165) is 0 Å². The third-order valence-electron chi connectivity index (χ3n) is 3.76. The molecule has 21 heavy (non-hydrogen) atoms. The van der Waals surface area contributed by atoms with Crippen molar-refractivity contribution in [3.8, 4) is 0 Å². The van der Waals surface area contributed by atoms with Crippen molar-refractivity contribution in [3.05, 3.63) is 33.2 Å². The minimum atomic E-state index is -0.915. The smallest absolute Gasteiger partial charge is 0.311 e. The van der Waals surface area contributed by atoms with Gasteiger partial charge in [-0.25, -0.2) is 4.98 Å². The van der Waals surface area contributed by atoms with Crippen molar-refractivity contribution < 1.29 is 14.7 Å². The van der Waals surface area contributed by atoms with Crippen LogP contribution in [0.5, 0.6) is 0 Å². The molecule has 0 aromatic carbocycles. The Hall–Kier alpha value is -2.22. The Morgan fingerprint density at radius 2 is 2.24 bits per heavy atom. The van der Waals surface area contributed by atoms with E-state index < -0.39 is 22.9 Å². The molecule has 110 valence electrons. The van der Waals surface area contributed by atoms with Gasteiger partial charge in [-0.3, -0.25) is 18.8 Å². The lowest BCUT2D eigenvalue weighted by molar-refractivity contribution is -0.143. The zero-order chi connectivity index (χ0) is 15.2. The molecule has 1 saturated carbocycles. The zero-order valence-electron chi connectivity index (χ0n) is 11.3. The van der Waals surface area contributed by atoms with E-state index in [4.69, 9.17) is 5.11 Å². The summed E-state index contributed by atoms with van der Waals surface area (Å²) in [5.74, 6) is -1.50. The molecular weight excluding hydrogens is 294 g/mol. The van der Waals surface area contributed by atoms with Gasteiger partial charge in [-0.15, -0.1) is 11.3 Å². The summed E-state index contributed by atoms with van der Waals surface area (Å²) >= 11 is 1.32. The number of nitrogens with one attached hydrogen (secondary N) is 1. The first-order valence-electron chi connectivity index (χ1n) is 6.42. The monoisotopic (exact) mass is 307 g/mol. The van der Waals surface area contributed by atoms with Crippen molar-refractivity contribution in [2.75, 3.05) is 6.54 Å². The highest BCUT2D eigenvalue weighted by atomic mass is 32.1. The van der Waals surface area contributed by atoms with Crippen LogP contribution in [-0.2, 0) is 4.79 Å². The number of hydrogen-bond donors (Lipinski definition) is 2. The van der Waals surface area contributed by atoms with Crippen molar-refractivity contribution in [2.45, 2.75) is 19.8 Å². The molecular formula is C13H13N3O4S. The number of aromatic nitrogens is 2. The normalized spacial score (nSPS) is 15.9. The number of carboxylic acid groups (broad SMARTS) is 1. The summed E-state index contributed by atoms with van der Waals surface area (Å²) in [5.41, 5.74) is -0.653. The molecule has 1 amide bonds. The standard InChI is InChI=1S/C13H13N3O4S/c1-7-5-21-12-14-4-8(10(18)16(7)12)9(17)15-6-13(2-3-13)11(19)20/h4-5H,2-3,6H2,1H3,(H,15,17)(H,19,20).